The molecule has 0 aliphatic heterocycles. The number of aromatic nitrogens is 4. The highest BCUT2D eigenvalue weighted by atomic mass is 16.2. The van der Waals surface area contributed by atoms with Crippen molar-refractivity contribution in [1.82, 2.24) is 20.0 Å². The van der Waals surface area contributed by atoms with Gasteiger partial charge in [-0.05, 0) is 36.8 Å². The van der Waals surface area contributed by atoms with Crippen LogP contribution in [0, 0.1) is 6.92 Å². The summed E-state index contributed by atoms with van der Waals surface area (Å²) in [7, 11) is 0. The molecule has 1 N–H and O–H groups in total. The molecule has 0 saturated heterocycles. The number of aryl methyl sites for hydroxylation is 1. The highest BCUT2D eigenvalue weighted by Crippen LogP contribution is 2.16. The van der Waals surface area contributed by atoms with Gasteiger partial charge in [0.05, 0.1) is 17.4 Å². The number of nitrogens with zero attached hydrogens (tertiary/aromatic N) is 4. The third-order valence-electron chi connectivity index (χ3n) is 3.93. The molecule has 0 spiro atoms. The monoisotopic (exact) mass is 359 g/mol. The van der Waals surface area contributed by atoms with Crippen LogP contribution in [0.1, 0.15) is 29.9 Å². The van der Waals surface area contributed by atoms with Crippen LogP contribution in [0.5, 0.6) is 0 Å². The first-order chi connectivity index (χ1) is 13.2. The maximum absolute atomic E-state index is 12.4. The molecule has 4 aromatic rings. The average Bonchev–Trinajstić information content (AvgIpc) is 3.20. The normalized spacial score (nSPS) is 10.2. The zero-order valence-corrected chi connectivity index (χ0v) is 15.5. The van der Waals surface area contributed by atoms with Crippen LogP contribution in [0.25, 0.3) is 16.6 Å². The average molecular weight is 359 g/mol. The van der Waals surface area contributed by atoms with E-state index in [-0.39, 0.29) is 11.6 Å². The number of hydrogen-bond donors (Lipinski definition) is 1. The smallest absolute Gasteiger partial charge is 0.279 e. The van der Waals surface area contributed by atoms with Crippen LogP contribution in [-0.2, 0) is 0 Å². The van der Waals surface area contributed by atoms with E-state index in [9.17, 15) is 4.79 Å². The van der Waals surface area contributed by atoms with Crippen molar-refractivity contribution < 1.29 is 4.79 Å². The summed E-state index contributed by atoms with van der Waals surface area (Å²) in [6.45, 7) is 5.98. The molecule has 6 heteroatoms. The lowest BCUT2D eigenvalue weighted by atomic mass is 10.2. The predicted octanol–water partition coefficient (Wildman–Crippen LogP) is 4.40. The summed E-state index contributed by atoms with van der Waals surface area (Å²) >= 11 is 0. The molecule has 6 nitrogen and oxygen atoms in total. The third kappa shape index (κ3) is 4.00. The van der Waals surface area contributed by atoms with Crippen LogP contribution in [0.3, 0.4) is 0 Å². The van der Waals surface area contributed by atoms with Crippen molar-refractivity contribution in [2.24, 2.45) is 0 Å². The maximum Gasteiger partial charge on any atom is 0.279 e. The van der Waals surface area contributed by atoms with Gasteiger partial charge in [-0.3, -0.25) is 4.79 Å². The number of carbonyl (C=O) groups excluding carboxylic acids is 1. The molecule has 0 aliphatic rings. The Hall–Kier alpha value is -3.54. The van der Waals surface area contributed by atoms with Crippen molar-refractivity contribution in [2.45, 2.75) is 20.8 Å². The van der Waals surface area contributed by atoms with Crippen LogP contribution in [0.15, 0.2) is 66.9 Å². The Morgan fingerprint density at radius 2 is 1.70 bits per heavy atom. The number of nitrogens with one attached hydrogen (secondary N) is 1. The van der Waals surface area contributed by atoms with Gasteiger partial charge >= 0.3 is 0 Å². The number of benzene rings is 2. The van der Waals surface area contributed by atoms with Gasteiger partial charge in [0.25, 0.3) is 5.91 Å². The van der Waals surface area contributed by atoms with Crippen LogP contribution >= 0.6 is 0 Å². The fourth-order valence-electron chi connectivity index (χ4n) is 2.62. The summed E-state index contributed by atoms with van der Waals surface area (Å²) in [5.41, 5.74) is 3.00. The molecule has 0 unspecified atom stereocenters. The fourth-order valence-corrected chi connectivity index (χ4v) is 2.62. The first kappa shape index (κ1) is 18.3. The van der Waals surface area contributed by atoms with Gasteiger partial charge in [0, 0.05) is 5.39 Å². The minimum atomic E-state index is -0.345. The zero-order valence-electron chi connectivity index (χ0n) is 15.5. The van der Waals surface area contributed by atoms with E-state index in [1.54, 1.807) is 16.9 Å². The number of fused-ring (bicyclic) bond motifs is 1. The minimum absolute atomic E-state index is 0.234. The number of amides is 1. The maximum atomic E-state index is 12.4. The molecular weight excluding hydrogens is 338 g/mol. The van der Waals surface area contributed by atoms with Crippen molar-refractivity contribution >= 4 is 22.6 Å². The highest BCUT2D eigenvalue weighted by molar-refractivity contribution is 6.02. The van der Waals surface area contributed by atoms with Gasteiger partial charge in [0.15, 0.2) is 5.69 Å². The third-order valence-corrected chi connectivity index (χ3v) is 3.93. The summed E-state index contributed by atoms with van der Waals surface area (Å²) < 4.78 is 1.60. The van der Waals surface area contributed by atoms with Crippen LogP contribution < -0.4 is 5.32 Å². The van der Waals surface area contributed by atoms with E-state index < -0.39 is 0 Å². The Morgan fingerprint density at radius 1 is 0.963 bits per heavy atom. The molecule has 0 radical (unpaired) electrons. The van der Waals surface area contributed by atoms with E-state index >= 15 is 0 Å². The van der Waals surface area contributed by atoms with Crippen molar-refractivity contribution in [2.75, 3.05) is 5.32 Å². The molecule has 0 saturated carbocycles. The second kappa shape index (κ2) is 8.23. The van der Waals surface area contributed by atoms with E-state index in [4.69, 9.17) is 0 Å². The van der Waals surface area contributed by atoms with E-state index in [1.165, 1.54) is 0 Å². The summed E-state index contributed by atoms with van der Waals surface area (Å²) in [4.78, 5) is 16.8. The molecule has 0 bridgehead atoms. The predicted molar refractivity (Wildman–Crippen MR) is 107 cm³/mol. The fraction of sp³-hybridized carbons (Fsp3) is 0.143. The quantitative estimate of drug-likeness (QED) is 0.588. The van der Waals surface area contributed by atoms with Crippen molar-refractivity contribution in [3.05, 3.63) is 78.1 Å². The molecule has 0 fully saturated rings. The van der Waals surface area contributed by atoms with Gasteiger partial charge in [-0.25, -0.2) is 9.67 Å². The van der Waals surface area contributed by atoms with Crippen LogP contribution in [0.4, 0.5) is 5.82 Å². The van der Waals surface area contributed by atoms with E-state index in [1.807, 2.05) is 75.4 Å². The van der Waals surface area contributed by atoms with Gasteiger partial charge in [0.2, 0.25) is 0 Å². The minimum Gasteiger partial charge on any atom is -0.305 e. The van der Waals surface area contributed by atoms with Gasteiger partial charge in [0.1, 0.15) is 5.82 Å². The summed E-state index contributed by atoms with van der Waals surface area (Å²) in [6, 6.07) is 19.2. The first-order valence-corrected chi connectivity index (χ1v) is 8.86. The molecule has 2 aromatic carbocycles. The molecule has 2 aromatic heterocycles. The zero-order chi connectivity index (χ0) is 19.2. The Bertz CT molecular complexity index is 1070. The molecule has 4 rings (SSSR count). The number of hydrogen-bond acceptors (Lipinski definition) is 4. The largest absolute Gasteiger partial charge is 0.305 e. The van der Waals surface area contributed by atoms with Crippen LogP contribution in [-0.4, -0.2) is 25.9 Å². The summed E-state index contributed by atoms with van der Waals surface area (Å²) in [5, 5.41) is 11.8. The van der Waals surface area contributed by atoms with E-state index in [2.05, 4.69) is 20.6 Å². The van der Waals surface area contributed by atoms with Gasteiger partial charge in [-0.1, -0.05) is 55.5 Å². The summed E-state index contributed by atoms with van der Waals surface area (Å²) in [6.07, 6.45) is 1.61. The SMILES string of the molecule is CC.Cc1ccccc1-n1cc(C(=O)Nc2ccc3ccccc3n2)nn1. The topological polar surface area (TPSA) is 72.7 Å². The van der Waals surface area contributed by atoms with E-state index in [0.717, 1.165) is 22.2 Å². The molecule has 2 heterocycles. The highest BCUT2D eigenvalue weighted by Gasteiger charge is 2.13. The Morgan fingerprint density at radius 3 is 2.52 bits per heavy atom. The number of pyridine rings is 1. The Kier molecular flexibility index (Phi) is 5.56. The lowest BCUT2D eigenvalue weighted by Gasteiger charge is -2.04. The standard InChI is InChI=1S/C19H15N5O.C2H6/c1-13-6-2-5-9-17(13)24-12-16(22-23-24)19(25)21-18-11-10-14-7-3-4-8-15(14)20-18;1-2/h2-12H,1H3,(H,20,21,25);1-2H3. The molecular formula is C21H21N5O. The molecule has 0 atom stereocenters. The van der Waals surface area contributed by atoms with Crippen molar-refractivity contribution in [3.8, 4) is 5.69 Å². The Balaban J connectivity index is 0.00000102. The second-order valence-corrected chi connectivity index (χ2v) is 5.68. The van der Waals surface area contributed by atoms with E-state index in [0.29, 0.717) is 5.82 Å². The number of rotatable bonds is 3. The second-order valence-electron chi connectivity index (χ2n) is 5.68. The summed E-state index contributed by atoms with van der Waals surface area (Å²) in [5.74, 6) is 0.136. The molecule has 136 valence electrons. The Labute approximate surface area is 157 Å². The van der Waals surface area contributed by atoms with Crippen molar-refractivity contribution in [3.63, 3.8) is 0 Å². The lowest BCUT2D eigenvalue weighted by Crippen LogP contribution is -2.13. The molecule has 27 heavy (non-hydrogen) atoms. The van der Waals surface area contributed by atoms with Crippen molar-refractivity contribution in [1.29, 1.82) is 0 Å². The lowest BCUT2D eigenvalue weighted by molar-refractivity contribution is 0.102. The number of anilines is 1. The molecule has 1 amide bonds. The number of para-hydroxylation sites is 2. The van der Waals surface area contributed by atoms with Crippen LogP contribution in [0.2, 0.25) is 0 Å². The van der Waals surface area contributed by atoms with Gasteiger partial charge < -0.3 is 5.32 Å². The van der Waals surface area contributed by atoms with Gasteiger partial charge in [-0.15, -0.1) is 5.10 Å². The number of carbonyl (C=O) groups is 1. The first-order valence-electron chi connectivity index (χ1n) is 8.86. The molecule has 0 aliphatic carbocycles. The van der Waals surface area contributed by atoms with Gasteiger partial charge in [-0.2, -0.15) is 0 Å².